The summed E-state index contributed by atoms with van der Waals surface area (Å²) in [4.78, 5) is 47.7. The summed E-state index contributed by atoms with van der Waals surface area (Å²) >= 11 is 0. The lowest BCUT2D eigenvalue weighted by molar-refractivity contribution is -0.385. The van der Waals surface area contributed by atoms with E-state index in [1.54, 1.807) is 12.1 Å². The molecule has 0 atom stereocenters. The second-order valence-electron chi connectivity index (χ2n) is 9.38. The third-order valence-electron chi connectivity index (χ3n) is 6.41. The summed E-state index contributed by atoms with van der Waals surface area (Å²) in [7, 11) is 0. The van der Waals surface area contributed by atoms with E-state index >= 15 is 0 Å². The highest BCUT2D eigenvalue weighted by atomic mass is 16.6. The van der Waals surface area contributed by atoms with Crippen molar-refractivity contribution in [1.82, 2.24) is 9.55 Å². The molecule has 0 aliphatic rings. The van der Waals surface area contributed by atoms with Gasteiger partial charge in [0.1, 0.15) is 12.4 Å². The van der Waals surface area contributed by atoms with E-state index in [4.69, 9.17) is 28.9 Å². The Hall–Kier alpha value is -6.31. The minimum Gasteiger partial charge on any atom is -0.369 e. The molecular formula is C36H29N3O7. The highest BCUT2D eigenvalue weighted by molar-refractivity contribution is 5.78. The number of benzene rings is 5. The molecule has 10 heteroatoms. The molecule has 1 aromatic heterocycles. The standard InChI is InChI=1S/C21H18N2O.C13H11NO2.2CO2/c1-3-9-17(10-4-1)15-24-16-21-22-19-13-7-8-14-20(19)23(21)18-11-5-2-6-12-18;15-14(16)13-9-5-4-8-12(13)10-11-6-2-1-3-7-11;2*2-1-3/h1-14H,15-16H2;1-9H,10H2;;. The zero-order valence-corrected chi connectivity index (χ0v) is 24.6. The molecule has 0 radical (unpaired) electrons. The van der Waals surface area contributed by atoms with E-state index in [-0.39, 0.29) is 22.9 Å². The fourth-order valence-electron chi connectivity index (χ4n) is 4.53. The number of aromatic nitrogens is 2. The third kappa shape index (κ3) is 10.4. The maximum atomic E-state index is 10.8. The lowest BCUT2D eigenvalue weighted by Gasteiger charge is -2.10. The lowest BCUT2D eigenvalue weighted by atomic mass is 10.0. The zero-order valence-electron chi connectivity index (χ0n) is 24.6. The Kier molecular flexibility index (Phi) is 14.2. The second-order valence-corrected chi connectivity index (χ2v) is 9.38. The van der Waals surface area contributed by atoms with Crippen LogP contribution in [0.5, 0.6) is 0 Å². The number of para-hydroxylation sites is 4. The van der Waals surface area contributed by atoms with E-state index in [0.717, 1.165) is 33.7 Å². The summed E-state index contributed by atoms with van der Waals surface area (Å²) in [5.41, 5.74) is 6.37. The largest absolute Gasteiger partial charge is 0.373 e. The number of fused-ring (bicyclic) bond motifs is 1. The minimum absolute atomic E-state index is 0.186. The Labute approximate surface area is 264 Å². The number of nitro benzene ring substituents is 1. The highest BCUT2D eigenvalue weighted by Crippen LogP contribution is 2.23. The minimum atomic E-state index is -0.335. The van der Waals surface area contributed by atoms with E-state index in [2.05, 4.69) is 34.9 Å². The smallest absolute Gasteiger partial charge is 0.369 e. The van der Waals surface area contributed by atoms with Crippen LogP contribution in [-0.4, -0.2) is 26.8 Å². The van der Waals surface area contributed by atoms with Crippen LogP contribution >= 0.6 is 0 Å². The first-order valence-electron chi connectivity index (χ1n) is 13.9. The van der Waals surface area contributed by atoms with Crippen LogP contribution in [0.4, 0.5) is 5.69 Å². The van der Waals surface area contributed by atoms with E-state index < -0.39 is 0 Å². The van der Waals surface area contributed by atoms with Gasteiger partial charge in [-0.2, -0.15) is 19.2 Å². The molecule has 0 aliphatic heterocycles. The van der Waals surface area contributed by atoms with Crippen molar-refractivity contribution in [3.8, 4) is 5.69 Å². The van der Waals surface area contributed by atoms with Crippen molar-refractivity contribution in [3.63, 3.8) is 0 Å². The summed E-state index contributed by atoms with van der Waals surface area (Å²) < 4.78 is 8.08. The quantitative estimate of drug-likeness (QED) is 0.135. The maximum Gasteiger partial charge on any atom is 0.373 e. The molecule has 0 bridgehead atoms. The number of hydrogen-bond acceptors (Lipinski definition) is 8. The van der Waals surface area contributed by atoms with Crippen LogP contribution in [0.2, 0.25) is 0 Å². The van der Waals surface area contributed by atoms with Crippen LogP contribution in [0.15, 0.2) is 140 Å². The average Bonchev–Trinajstić information content (AvgIpc) is 3.46. The molecule has 46 heavy (non-hydrogen) atoms. The zero-order chi connectivity index (χ0) is 33.0. The van der Waals surface area contributed by atoms with E-state index in [0.29, 0.717) is 19.6 Å². The van der Waals surface area contributed by atoms with Crippen molar-refractivity contribution in [2.45, 2.75) is 19.6 Å². The monoisotopic (exact) mass is 615 g/mol. The van der Waals surface area contributed by atoms with Gasteiger partial charge in [0.15, 0.2) is 0 Å². The van der Waals surface area contributed by atoms with Gasteiger partial charge in [0.25, 0.3) is 5.69 Å². The van der Waals surface area contributed by atoms with Crippen LogP contribution in [0, 0.1) is 10.1 Å². The molecule has 0 unspecified atom stereocenters. The molecular weight excluding hydrogens is 586 g/mol. The Bertz CT molecular complexity index is 1850. The molecule has 10 nitrogen and oxygen atoms in total. The van der Waals surface area contributed by atoms with Crippen LogP contribution in [0.25, 0.3) is 16.7 Å². The van der Waals surface area contributed by atoms with Crippen molar-refractivity contribution in [2.75, 3.05) is 0 Å². The molecule has 6 aromatic rings. The number of nitrogens with zero attached hydrogens (tertiary/aromatic N) is 3. The van der Waals surface area contributed by atoms with Crippen molar-refractivity contribution in [3.05, 3.63) is 172 Å². The number of ether oxygens (including phenoxy) is 1. The Balaban J connectivity index is 0.000000226. The second kappa shape index (κ2) is 19.1. The van der Waals surface area contributed by atoms with Crippen LogP contribution in [-0.2, 0) is 43.5 Å². The van der Waals surface area contributed by atoms with Crippen molar-refractivity contribution >= 4 is 29.0 Å². The summed E-state index contributed by atoms with van der Waals surface area (Å²) in [6.07, 6.45) is 1.10. The van der Waals surface area contributed by atoms with E-state index in [1.807, 2.05) is 91.0 Å². The number of imidazole rings is 1. The maximum absolute atomic E-state index is 10.8. The van der Waals surface area contributed by atoms with E-state index in [1.165, 1.54) is 11.6 Å². The number of carbonyl (C=O) groups excluding carboxylic acids is 4. The van der Waals surface area contributed by atoms with Gasteiger partial charge in [0.05, 0.1) is 22.6 Å². The van der Waals surface area contributed by atoms with Gasteiger partial charge in [-0.05, 0) is 35.4 Å². The van der Waals surface area contributed by atoms with E-state index in [9.17, 15) is 10.1 Å². The predicted molar refractivity (Wildman–Crippen MR) is 168 cm³/mol. The molecule has 1 heterocycles. The molecule has 0 amide bonds. The van der Waals surface area contributed by atoms with Gasteiger partial charge in [-0.3, -0.25) is 14.7 Å². The van der Waals surface area contributed by atoms with Crippen molar-refractivity contribution in [2.24, 2.45) is 0 Å². The summed E-state index contributed by atoms with van der Waals surface area (Å²) in [5.74, 6) is 0.915. The summed E-state index contributed by atoms with van der Waals surface area (Å²) in [5, 5.41) is 10.8. The molecule has 0 aliphatic carbocycles. The Morgan fingerprint density at radius 1 is 0.630 bits per heavy atom. The van der Waals surface area contributed by atoms with Gasteiger partial charge in [0, 0.05) is 23.7 Å². The summed E-state index contributed by atoms with van der Waals surface area (Å²) in [6, 6.07) is 45.3. The first-order valence-corrected chi connectivity index (χ1v) is 13.9. The molecule has 0 spiro atoms. The number of rotatable bonds is 8. The number of nitro groups is 1. The van der Waals surface area contributed by atoms with Crippen molar-refractivity contribution in [1.29, 1.82) is 0 Å². The lowest BCUT2D eigenvalue weighted by Crippen LogP contribution is -2.04. The summed E-state index contributed by atoms with van der Waals surface area (Å²) in [6.45, 7) is 1.05. The Morgan fingerprint density at radius 2 is 1.13 bits per heavy atom. The Morgan fingerprint density at radius 3 is 1.74 bits per heavy atom. The van der Waals surface area contributed by atoms with Crippen molar-refractivity contribution < 1.29 is 28.8 Å². The van der Waals surface area contributed by atoms with Gasteiger partial charge in [-0.25, -0.2) is 4.98 Å². The molecule has 6 rings (SSSR count). The molecule has 0 N–H and O–H groups in total. The molecule has 5 aromatic carbocycles. The van der Waals surface area contributed by atoms with Crippen LogP contribution in [0.3, 0.4) is 0 Å². The molecule has 0 saturated heterocycles. The fourth-order valence-corrected chi connectivity index (χ4v) is 4.53. The van der Waals surface area contributed by atoms with Gasteiger partial charge < -0.3 is 4.74 Å². The SMILES string of the molecule is O=C=O.O=C=O.O=[N+]([O-])c1ccccc1Cc1ccccc1.c1ccc(COCc2nc3ccccc3n2-c2ccccc2)cc1. The normalized spacial score (nSPS) is 9.57. The van der Waals surface area contributed by atoms with Crippen LogP contribution < -0.4 is 0 Å². The molecule has 0 saturated carbocycles. The average molecular weight is 616 g/mol. The van der Waals surface area contributed by atoms with Gasteiger partial charge in [-0.15, -0.1) is 0 Å². The topological polar surface area (TPSA) is 138 Å². The van der Waals surface area contributed by atoms with Gasteiger partial charge in [0.2, 0.25) is 0 Å². The third-order valence-corrected chi connectivity index (χ3v) is 6.41. The predicted octanol–water partition coefficient (Wildman–Crippen LogP) is 6.76. The highest BCUT2D eigenvalue weighted by Gasteiger charge is 2.13. The number of hydrogen-bond donors (Lipinski definition) is 0. The van der Waals surface area contributed by atoms with Gasteiger partial charge >= 0.3 is 12.3 Å². The molecule has 0 fully saturated rings. The first-order chi connectivity index (χ1) is 22.5. The first kappa shape index (κ1) is 34.2. The molecule has 230 valence electrons. The fraction of sp³-hybridized carbons (Fsp3) is 0.0833. The van der Waals surface area contributed by atoms with Crippen LogP contribution in [0.1, 0.15) is 22.5 Å². The van der Waals surface area contributed by atoms with Gasteiger partial charge in [-0.1, -0.05) is 109 Å².